The highest BCUT2D eigenvalue weighted by Gasteiger charge is 2.32. The molecule has 0 aromatic carbocycles. The molecule has 0 bridgehead atoms. The molecule has 3 atom stereocenters. The zero-order valence-electron chi connectivity index (χ0n) is 8.41. The van der Waals surface area contributed by atoms with Crippen molar-refractivity contribution in [3.63, 3.8) is 0 Å². The van der Waals surface area contributed by atoms with Crippen LogP contribution in [0.2, 0.25) is 0 Å². The number of aliphatic hydroxyl groups excluding tert-OH is 1. The molecule has 0 aromatic rings. The Balaban J connectivity index is 2.27. The third kappa shape index (κ3) is 3.12. The van der Waals surface area contributed by atoms with E-state index in [4.69, 9.17) is 4.74 Å². The molecule has 2 nitrogen and oxygen atoms in total. The third-order valence-corrected chi connectivity index (χ3v) is 2.58. The van der Waals surface area contributed by atoms with Crippen LogP contribution in [0.25, 0.3) is 0 Å². The highest BCUT2D eigenvalue weighted by Crippen LogP contribution is 2.26. The first-order chi connectivity index (χ1) is 6.27. The van der Waals surface area contributed by atoms with E-state index in [9.17, 15) is 5.11 Å². The van der Waals surface area contributed by atoms with Crippen LogP contribution in [0, 0.1) is 0 Å². The van der Waals surface area contributed by atoms with Gasteiger partial charge in [0.25, 0.3) is 0 Å². The minimum Gasteiger partial charge on any atom is -0.390 e. The monoisotopic (exact) mass is 184 g/mol. The fraction of sp³-hybridized carbons (Fsp3) is 0.818. The number of unbranched alkanes of at least 4 members (excludes halogenated alkanes) is 1. The molecule has 0 unspecified atom stereocenters. The lowest BCUT2D eigenvalue weighted by molar-refractivity contribution is 0.00931. The standard InChI is InChI=1S/C11H20O2/c1-3-5-7-9-8-10(12)11(13-9)6-4-2/h4,9-12H,2-3,5-8H2,1H3/t9-,10-,11-/m1/s1. The van der Waals surface area contributed by atoms with Crippen LogP contribution >= 0.6 is 0 Å². The lowest BCUT2D eigenvalue weighted by Crippen LogP contribution is -2.19. The van der Waals surface area contributed by atoms with Crippen molar-refractivity contribution in [1.29, 1.82) is 0 Å². The second kappa shape index (κ2) is 5.40. The van der Waals surface area contributed by atoms with Gasteiger partial charge < -0.3 is 9.84 Å². The summed E-state index contributed by atoms with van der Waals surface area (Å²) < 4.78 is 5.69. The van der Waals surface area contributed by atoms with E-state index in [1.54, 1.807) is 0 Å². The molecule has 1 N–H and O–H groups in total. The summed E-state index contributed by atoms with van der Waals surface area (Å²) in [6.07, 6.45) is 6.86. The maximum Gasteiger partial charge on any atom is 0.0872 e. The molecule has 0 amide bonds. The molecule has 0 spiro atoms. The molecule has 76 valence electrons. The van der Waals surface area contributed by atoms with Crippen LogP contribution in [0.15, 0.2) is 12.7 Å². The normalized spacial score (nSPS) is 33.5. The Morgan fingerprint density at radius 2 is 2.38 bits per heavy atom. The lowest BCUT2D eigenvalue weighted by atomic mass is 10.1. The van der Waals surface area contributed by atoms with E-state index in [0.717, 1.165) is 19.3 Å². The minimum atomic E-state index is -0.278. The van der Waals surface area contributed by atoms with Gasteiger partial charge in [-0.25, -0.2) is 0 Å². The number of rotatable bonds is 5. The largest absolute Gasteiger partial charge is 0.390 e. The average Bonchev–Trinajstić information content (AvgIpc) is 2.45. The molecule has 0 radical (unpaired) electrons. The van der Waals surface area contributed by atoms with E-state index in [1.165, 1.54) is 12.8 Å². The molecule has 13 heavy (non-hydrogen) atoms. The Bertz CT molecular complexity index is 156. The van der Waals surface area contributed by atoms with Gasteiger partial charge >= 0.3 is 0 Å². The zero-order chi connectivity index (χ0) is 9.68. The third-order valence-electron chi connectivity index (χ3n) is 2.58. The van der Waals surface area contributed by atoms with Crippen molar-refractivity contribution in [1.82, 2.24) is 0 Å². The summed E-state index contributed by atoms with van der Waals surface area (Å²) in [5, 5.41) is 9.62. The van der Waals surface area contributed by atoms with Gasteiger partial charge in [0.2, 0.25) is 0 Å². The first-order valence-corrected chi connectivity index (χ1v) is 5.22. The molecule has 1 heterocycles. The number of hydrogen-bond acceptors (Lipinski definition) is 2. The minimum absolute atomic E-state index is 0.000596. The van der Waals surface area contributed by atoms with E-state index < -0.39 is 0 Å². The van der Waals surface area contributed by atoms with Gasteiger partial charge in [-0.15, -0.1) is 6.58 Å². The second-order valence-corrected chi connectivity index (χ2v) is 3.77. The van der Waals surface area contributed by atoms with Crippen LogP contribution in [0.3, 0.4) is 0 Å². The van der Waals surface area contributed by atoms with E-state index in [-0.39, 0.29) is 18.3 Å². The molecule has 1 saturated heterocycles. The molecule has 2 heteroatoms. The predicted molar refractivity (Wildman–Crippen MR) is 53.6 cm³/mol. The van der Waals surface area contributed by atoms with Gasteiger partial charge in [0.1, 0.15) is 0 Å². The quantitative estimate of drug-likeness (QED) is 0.664. The summed E-state index contributed by atoms with van der Waals surface area (Å²) in [6.45, 7) is 5.83. The van der Waals surface area contributed by atoms with Gasteiger partial charge in [-0.1, -0.05) is 25.8 Å². The molecule has 0 saturated carbocycles. The summed E-state index contributed by atoms with van der Waals surface area (Å²) in [5.41, 5.74) is 0. The van der Waals surface area contributed by atoms with Gasteiger partial charge in [0.15, 0.2) is 0 Å². The summed E-state index contributed by atoms with van der Waals surface area (Å²) in [6, 6.07) is 0. The molecule has 1 fully saturated rings. The van der Waals surface area contributed by atoms with Gasteiger partial charge in [0, 0.05) is 6.42 Å². The average molecular weight is 184 g/mol. The predicted octanol–water partition coefficient (Wildman–Crippen LogP) is 2.27. The smallest absolute Gasteiger partial charge is 0.0872 e. The van der Waals surface area contributed by atoms with Crippen LogP contribution in [0.4, 0.5) is 0 Å². The number of ether oxygens (including phenoxy) is 1. The highest BCUT2D eigenvalue weighted by atomic mass is 16.5. The van der Waals surface area contributed by atoms with Crippen molar-refractivity contribution in [2.45, 2.75) is 57.3 Å². The Kier molecular flexibility index (Phi) is 4.46. The van der Waals surface area contributed by atoms with Gasteiger partial charge in [0.05, 0.1) is 18.3 Å². The molecular weight excluding hydrogens is 164 g/mol. The van der Waals surface area contributed by atoms with E-state index in [2.05, 4.69) is 13.5 Å². The number of aliphatic hydroxyl groups is 1. The van der Waals surface area contributed by atoms with Crippen LogP contribution in [-0.2, 0) is 4.74 Å². The Hall–Kier alpha value is -0.340. The summed E-state index contributed by atoms with van der Waals surface area (Å²) >= 11 is 0. The van der Waals surface area contributed by atoms with Crippen LogP contribution < -0.4 is 0 Å². The Morgan fingerprint density at radius 3 is 3.00 bits per heavy atom. The second-order valence-electron chi connectivity index (χ2n) is 3.77. The van der Waals surface area contributed by atoms with Crippen LogP contribution in [-0.4, -0.2) is 23.4 Å². The van der Waals surface area contributed by atoms with Crippen molar-refractivity contribution in [2.24, 2.45) is 0 Å². The Labute approximate surface area is 80.6 Å². The van der Waals surface area contributed by atoms with Crippen LogP contribution in [0.1, 0.15) is 39.0 Å². The Morgan fingerprint density at radius 1 is 1.62 bits per heavy atom. The van der Waals surface area contributed by atoms with Crippen molar-refractivity contribution >= 4 is 0 Å². The van der Waals surface area contributed by atoms with E-state index in [0.29, 0.717) is 0 Å². The SMILES string of the molecule is C=CC[C@H]1O[C@H](CCCC)C[C@H]1O. The molecule has 1 rings (SSSR count). The van der Waals surface area contributed by atoms with Crippen molar-refractivity contribution in [3.05, 3.63) is 12.7 Å². The lowest BCUT2D eigenvalue weighted by Gasteiger charge is -2.12. The first-order valence-electron chi connectivity index (χ1n) is 5.22. The van der Waals surface area contributed by atoms with Crippen molar-refractivity contribution in [3.8, 4) is 0 Å². The summed E-state index contributed by atoms with van der Waals surface area (Å²) in [7, 11) is 0. The maximum atomic E-state index is 9.62. The van der Waals surface area contributed by atoms with Gasteiger partial charge in [-0.2, -0.15) is 0 Å². The van der Waals surface area contributed by atoms with Gasteiger partial charge in [-0.3, -0.25) is 0 Å². The topological polar surface area (TPSA) is 29.5 Å². The zero-order valence-corrected chi connectivity index (χ0v) is 8.41. The highest BCUT2D eigenvalue weighted by molar-refractivity contribution is 4.86. The maximum absolute atomic E-state index is 9.62. The van der Waals surface area contributed by atoms with Crippen LogP contribution in [0.5, 0.6) is 0 Å². The van der Waals surface area contributed by atoms with Crippen molar-refractivity contribution in [2.75, 3.05) is 0 Å². The fourth-order valence-electron chi connectivity index (χ4n) is 1.81. The molecule has 1 aliphatic heterocycles. The van der Waals surface area contributed by atoms with Crippen molar-refractivity contribution < 1.29 is 9.84 Å². The summed E-state index contributed by atoms with van der Waals surface area (Å²) in [4.78, 5) is 0. The molecular formula is C11H20O2. The van der Waals surface area contributed by atoms with Gasteiger partial charge in [-0.05, 0) is 12.8 Å². The van der Waals surface area contributed by atoms with E-state index in [1.807, 2.05) is 6.08 Å². The van der Waals surface area contributed by atoms with E-state index >= 15 is 0 Å². The number of hydrogen-bond donors (Lipinski definition) is 1. The summed E-state index contributed by atoms with van der Waals surface area (Å²) in [5.74, 6) is 0. The molecule has 0 aromatic heterocycles. The fourth-order valence-corrected chi connectivity index (χ4v) is 1.81. The first kappa shape index (κ1) is 10.7. The molecule has 0 aliphatic carbocycles. The molecule has 1 aliphatic rings.